The Morgan fingerprint density at radius 2 is 2.15 bits per heavy atom. The molecule has 5 nitrogen and oxygen atoms in total. The number of carbonyl (C=O) groups is 1. The van der Waals surface area contributed by atoms with Crippen molar-refractivity contribution in [1.82, 2.24) is 5.32 Å². The maximum absolute atomic E-state index is 11.2. The number of hydrogen-bond acceptors (Lipinski definition) is 4. The molecule has 0 radical (unpaired) electrons. The van der Waals surface area contributed by atoms with E-state index in [1.54, 1.807) is 7.11 Å². The van der Waals surface area contributed by atoms with Crippen LogP contribution < -0.4 is 11.1 Å². The number of carboxylic acids is 1. The molecule has 1 fully saturated rings. The predicted molar refractivity (Wildman–Crippen MR) is 79.6 cm³/mol. The van der Waals surface area contributed by atoms with E-state index in [1.807, 2.05) is 19.1 Å². The average Bonchev–Trinajstić information content (AvgIpc) is 2.86. The van der Waals surface area contributed by atoms with Gasteiger partial charge in [0.25, 0.3) is 0 Å². The number of ether oxygens (including phenoxy) is 1. The summed E-state index contributed by atoms with van der Waals surface area (Å²) < 4.78 is 5.70. The second kappa shape index (κ2) is 7.20. The molecule has 5 heteroatoms. The predicted octanol–water partition coefficient (Wildman–Crippen LogP) is 1.53. The summed E-state index contributed by atoms with van der Waals surface area (Å²) in [6.45, 7) is 6.06. The van der Waals surface area contributed by atoms with Gasteiger partial charge in [0.1, 0.15) is 6.04 Å². The van der Waals surface area contributed by atoms with E-state index in [0.29, 0.717) is 6.42 Å². The van der Waals surface area contributed by atoms with Crippen LogP contribution in [0.25, 0.3) is 0 Å². The molecular weight excluding hydrogens is 256 g/mol. The molecule has 1 rings (SSSR count). The van der Waals surface area contributed by atoms with Gasteiger partial charge in [-0.05, 0) is 32.1 Å². The van der Waals surface area contributed by atoms with Gasteiger partial charge in [0.05, 0.1) is 5.60 Å². The third-order valence-electron chi connectivity index (χ3n) is 4.70. The second-order valence-corrected chi connectivity index (χ2v) is 5.51. The van der Waals surface area contributed by atoms with Gasteiger partial charge >= 0.3 is 5.97 Å². The van der Waals surface area contributed by atoms with Crippen LogP contribution in [0.2, 0.25) is 0 Å². The average molecular weight is 284 g/mol. The fraction of sp³-hybridized carbons (Fsp3) is 0.800. The zero-order valence-corrected chi connectivity index (χ0v) is 12.9. The van der Waals surface area contributed by atoms with E-state index in [-0.39, 0.29) is 18.0 Å². The third kappa shape index (κ3) is 3.22. The summed E-state index contributed by atoms with van der Waals surface area (Å²) in [5, 5.41) is 12.4. The Morgan fingerprint density at radius 1 is 1.55 bits per heavy atom. The minimum atomic E-state index is -0.815. The molecule has 1 aliphatic heterocycles. The minimum Gasteiger partial charge on any atom is -0.480 e. The largest absolute Gasteiger partial charge is 0.480 e. The Hall–Kier alpha value is -0.910. The van der Waals surface area contributed by atoms with Crippen LogP contribution in [0.1, 0.15) is 40.0 Å². The zero-order chi connectivity index (χ0) is 15.3. The van der Waals surface area contributed by atoms with Gasteiger partial charge < -0.3 is 15.6 Å². The fourth-order valence-corrected chi connectivity index (χ4v) is 3.30. The molecule has 1 unspecified atom stereocenters. The number of nitrogens with two attached hydrogens (primary N) is 1. The van der Waals surface area contributed by atoms with Crippen LogP contribution in [0.3, 0.4) is 0 Å². The molecule has 0 aromatic rings. The van der Waals surface area contributed by atoms with Crippen molar-refractivity contribution in [3.8, 4) is 0 Å². The van der Waals surface area contributed by atoms with Gasteiger partial charge in [0.15, 0.2) is 0 Å². The van der Waals surface area contributed by atoms with Gasteiger partial charge in [0, 0.05) is 19.2 Å². The number of nitrogens with one attached hydrogen (secondary N) is 1. The minimum absolute atomic E-state index is 0.0767. The maximum atomic E-state index is 11.2. The first-order chi connectivity index (χ1) is 9.45. The summed E-state index contributed by atoms with van der Waals surface area (Å²) in [4.78, 5) is 11.2. The van der Waals surface area contributed by atoms with Crippen molar-refractivity contribution in [2.75, 3.05) is 7.11 Å². The van der Waals surface area contributed by atoms with Gasteiger partial charge in [-0.15, -0.1) is 0 Å². The molecule has 116 valence electrons. The highest BCUT2D eigenvalue weighted by Crippen LogP contribution is 2.32. The van der Waals surface area contributed by atoms with E-state index in [1.165, 1.54) is 0 Å². The normalized spacial score (nSPS) is 28.9. The van der Waals surface area contributed by atoms with Gasteiger partial charge in [-0.1, -0.05) is 26.0 Å². The van der Waals surface area contributed by atoms with Crippen LogP contribution in [0, 0.1) is 5.92 Å². The van der Waals surface area contributed by atoms with E-state index in [0.717, 1.165) is 12.8 Å². The van der Waals surface area contributed by atoms with Crippen LogP contribution in [0.5, 0.6) is 0 Å². The molecule has 4 N–H and O–H groups in total. The number of allylic oxidation sites excluding steroid dienone is 1. The highest BCUT2D eigenvalue weighted by molar-refractivity contribution is 5.74. The molecular formula is C15H28N2O3. The molecule has 1 heterocycles. The van der Waals surface area contributed by atoms with Gasteiger partial charge in [-0.2, -0.15) is 0 Å². The standard InChI is InChI=1S/C15H28N2O3/c1-5-8-10-9-11(14(18)19)17-12(10)13(16)15(6-2,7-3)20-4/h5,8,10-13,17H,6-7,9,16H2,1-4H3,(H,18,19)/b8-5-/t10-,11-,12-,13?/m1/s1. The number of carboxylic acid groups (broad SMARTS) is 1. The monoisotopic (exact) mass is 284 g/mol. The lowest BCUT2D eigenvalue weighted by Crippen LogP contribution is -2.60. The van der Waals surface area contributed by atoms with Crippen molar-refractivity contribution in [2.45, 2.75) is 63.8 Å². The second-order valence-electron chi connectivity index (χ2n) is 5.51. The third-order valence-corrected chi connectivity index (χ3v) is 4.70. The Labute approximate surface area is 121 Å². The first kappa shape index (κ1) is 17.1. The first-order valence-electron chi connectivity index (χ1n) is 7.38. The fourth-order valence-electron chi connectivity index (χ4n) is 3.30. The molecule has 1 aliphatic rings. The van der Waals surface area contributed by atoms with Gasteiger partial charge in [-0.25, -0.2) is 0 Å². The van der Waals surface area contributed by atoms with E-state index in [9.17, 15) is 9.90 Å². The lowest BCUT2D eigenvalue weighted by atomic mass is 9.80. The van der Waals surface area contributed by atoms with Crippen molar-refractivity contribution >= 4 is 5.97 Å². The van der Waals surface area contributed by atoms with Crippen LogP contribution >= 0.6 is 0 Å². The zero-order valence-electron chi connectivity index (χ0n) is 12.9. The van der Waals surface area contributed by atoms with Crippen LogP contribution in [-0.4, -0.2) is 41.9 Å². The van der Waals surface area contributed by atoms with Crippen molar-refractivity contribution in [1.29, 1.82) is 0 Å². The quantitative estimate of drug-likeness (QED) is 0.617. The Balaban J connectivity index is 2.98. The molecule has 0 bridgehead atoms. The lowest BCUT2D eigenvalue weighted by Gasteiger charge is -2.40. The maximum Gasteiger partial charge on any atom is 0.320 e. The van der Waals surface area contributed by atoms with Gasteiger partial charge in [-0.3, -0.25) is 10.1 Å². The molecule has 0 aromatic carbocycles. The van der Waals surface area contributed by atoms with Crippen LogP contribution in [0.4, 0.5) is 0 Å². The highest BCUT2D eigenvalue weighted by Gasteiger charge is 2.46. The van der Waals surface area contributed by atoms with E-state index < -0.39 is 17.6 Å². The lowest BCUT2D eigenvalue weighted by molar-refractivity contribution is -0.139. The van der Waals surface area contributed by atoms with E-state index in [4.69, 9.17) is 10.5 Å². The first-order valence-corrected chi connectivity index (χ1v) is 7.38. The highest BCUT2D eigenvalue weighted by atomic mass is 16.5. The number of rotatable bonds is 7. The van der Waals surface area contributed by atoms with Crippen LogP contribution in [-0.2, 0) is 9.53 Å². The summed E-state index contributed by atoms with van der Waals surface area (Å²) >= 11 is 0. The molecule has 4 atom stereocenters. The molecule has 1 saturated heterocycles. The van der Waals surface area contributed by atoms with E-state index in [2.05, 4.69) is 19.2 Å². The van der Waals surface area contributed by atoms with E-state index >= 15 is 0 Å². The summed E-state index contributed by atoms with van der Waals surface area (Å²) in [5.41, 5.74) is 6.05. The Morgan fingerprint density at radius 3 is 2.55 bits per heavy atom. The number of aliphatic carboxylic acids is 1. The summed E-state index contributed by atoms with van der Waals surface area (Å²) in [7, 11) is 1.68. The van der Waals surface area contributed by atoms with Gasteiger partial charge in [0.2, 0.25) is 0 Å². The number of hydrogen-bond donors (Lipinski definition) is 3. The molecule has 0 aliphatic carbocycles. The van der Waals surface area contributed by atoms with Crippen molar-refractivity contribution in [3.05, 3.63) is 12.2 Å². The summed E-state index contributed by atoms with van der Waals surface area (Å²) in [6.07, 6.45) is 6.19. The molecule has 0 aromatic heterocycles. The van der Waals surface area contributed by atoms with Crippen molar-refractivity contribution in [3.63, 3.8) is 0 Å². The van der Waals surface area contributed by atoms with Crippen LogP contribution in [0.15, 0.2) is 12.2 Å². The Kier molecular flexibility index (Phi) is 6.17. The Bertz CT molecular complexity index is 345. The van der Waals surface area contributed by atoms with Crippen molar-refractivity contribution in [2.24, 2.45) is 11.7 Å². The molecule has 20 heavy (non-hydrogen) atoms. The molecule has 0 amide bonds. The summed E-state index contributed by atoms with van der Waals surface area (Å²) in [6, 6.07) is -0.851. The molecule has 0 spiro atoms. The van der Waals surface area contributed by atoms with Crippen molar-refractivity contribution < 1.29 is 14.6 Å². The molecule has 0 saturated carbocycles. The SMILES string of the molecule is C/C=C\[C@@H]1C[C@H](C(=O)O)N[C@H]1C(N)C(CC)(CC)OC. The smallest absolute Gasteiger partial charge is 0.320 e. The summed E-state index contributed by atoms with van der Waals surface area (Å²) in [5.74, 6) is -0.686. The number of methoxy groups -OCH3 is 1. The topological polar surface area (TPSA) is 84.6 Å².